The highest BCUT2D eigenvalue weighted by atomic mass is 15.1. The van der Waals surface area contributed by atoms with Gasteiger partial charge in [-0.2, -0.15) is 0 Å². The maximum Gasteiger partial charge on any atom is 0.257 e. The topological polar surface area (TPSA) is 19.7 Å². The first-order chi connectivity index (χ1) is 18.2. The third-order valence-electron chi connectivity index (χ3n) is 8.64. The van der Waals surface area contributed by atoms with Gasteiger partial charge in [0, 0.05) is 0 Å². The highest BCUT2D eigenvalue weighted by molar-refractivity contribution is 4.90. The quantitative estimate of drug-likeness (QED) is 0.0842. The molecule has 1 aromatic heterocycles. The maximum absolute atomic E-state index is 3.71. The molecule has 0 radical (unpaired) electrons. The monoisotopic (exact) mass is 518 g/mol. The normalized spacial score (nSPS) is 13.3. The first-order valence-electron chi connectivity index (χ1n) is 17.3. The third kappa shape index (κ3) is 18.2. The number of unbranched alkanes of at least 4 members (excludes halogenated alkanes) is 20. The number of hydrogen-bond acceptors (Lipinski definition) is 0. The number of nitrogens with one attached hydrogen (secondary N) is 1. The number of rotatable bonds is 28. The lowest BCUT2D eigenvalue weighted by Gasteiger charge is -2.17. The molecule has 218 valence electrons. The fourth-order valence-corrected chi connectivity index (χ4v) is 6.07. The molecule has 1 rings (SSSR count). The molecule has 37 heavy (non-hydrogen) atoms. The Bertz CT molecular complexity index is 578. The summed E-state index contributed by atoms with van der Waals surface area (Å²) >= 11 is 0. The Morgan fingerprint density at radius 1 is 0.514 bits per heavy atom. The van der Waals surface area contributed by atoms with E-state index in [-0.39, 0.29) is 0 Å². The van der Waals surface area contributed by atoms with Crippen LogP contribution in [-0.2, 0) is 0 Å². The maximum atomic E-state index is 3.71. The van der Waals surface area contributed by atoms with Crippen molar-refractivity contribution in [3.8, 4) is 0 Å². The van der Waals surface area contributed by atoms with Crippen LogP contribution in [0.2, 0.25) is 0 Å². The van der Waals surface area contributed by atoms with Crippen molar-refractivity contribution < 1.29 is 4.57 Å². The van der Waals surface area contributed by atoms with E-state index in [4.69, 9.17) is 0 Å². The smallest absolute Gasteiger partial charge is 0.247 e. The van der Waals surface area contributed by atoms with Crippen LogP contribution in [0.4, 0.5) is 0 Å². The van der Waals surface area contributed by atoms with Crippen LogP contribution < -0.4 is 4.57 Å². The molecular formula is C35H69N2+. The molecule has 1 heterocycles. The van der Waals surface area contributed by atoms with Crippen LogP contribution in [0.5, 0.6) is 0 Å². The van der Waals surface area contributed by atoms with Crippen LogP contribution in [0.15, 0.2) is 12.4 Å². The van der Waals surface area contributed by atoms with Crippen LogP contribution in [0.25, 0.3) is 0 Å². The Hall–Kier alpha value is -0.790. The molecule has 0 saturated heterocycles. The van der Waals surface area contributed by atoms with Gasteiger partial charge in [0.15, 0.2) is 0 Å². The van der Waals surface area contributed by atoms with Gasteiger partial charge in [0.25, 0.3) is 5.82 Å². The molecule has 2 heteroatoms. The van der Waals surface area contributed by atoms with E-state index in [2.05, 4.69) is 49.6 Å². The fraction of sp³-hybridized carbons (Fsp3) is 0.914. The van der Waals surface area contributed by atoms with Crippen molar-refractivity contribution in [1.29, 1.82) is 0 Å². The first kappa shape index (κ1) is 34.2. The molecule has 0 spiro atoms. The number of H-pyrrole nitrogens is 1. The number of aromatic amines is 1. The zero-order valence-corrected chi connectivity index (χ0v) is 26.1. The van der Waals surface area contributed by atoms with Gasteiger partial charge in [0.2, 0.25) is 0 Å². The van der Waals surface area contributed by atoms with Gasteiger partial charge in [0.05, 0.1) is 12.0 Å². The van der Waals surface area contributed by atoms with E-state index in [9.17, 15) is 0 Å². The fourth-order valence-electron chi connectivity index (χ4n) is 6.07. The molecule has 0 fully saturated rings. The van der Waals surface area contributed by atoms with Gasteiger partial charge < -0.3 is 0 Å². The molecule has 0 aliphatic heterocycles. The Balaban J connectivity index is 2.41. The van der Waals surface area contributed by atoms with E-state index in [1.165, 1.54) is 173 Å². The summed E-state index contributed by atoms with van der Waals surface area (Å²) in [6, 6.07) is 0.621. The minimum atomic E-state index is 0.621. The largest absolute Gasteiger partial charge is 0.257 e. The minimum Gasteiger partial charge on any atom is -0.247 e. The molecule has 0 aromatic carbocycles. The molecule has 0 saturated carbocycles. The molecule has 0 amide bonds. The lowest BCUT2D eigenvalue weighted by atomic mass is 9.92. The van der Waals surface area contributed by atoms with Gasteiger partial charge in [-0.3, -0.25) is 0 Å². The van der Waals surface area contributed by atoms with Crippen molar-refractivity contribution in [3.63, 3.8) is 0 Å². The van der Waals surface area contributed by atoms with E-state index < -0.39 is 0 Å². The average molecular weight is 518 g/mol. The number of hydrogen-bond donors (Lipinski definition) is 1. The standard InChI is InChI=1S/C35H68N2/c1-5-8-11-13-15-17-18-20-22-24-27-30-34(29-26-23-21-19-16-14-12-9-6-2)35-36-31-32-37(35)33(4)28-25-10-7-3/h31-34H,5-30H2,1-4H3/p+1. The molecule has 0 bridgehead atoms. The van der Waals surface area contributed by atoms with E-state index >= 15 is 0 Å². The van der Waals surface area contributed by atoms with Crippen LogP contribution in [-0.4, -0.2) is 4.98 Å². The highest BCUT2D eigenvalue weighted by Crippen LogP contribution is 2.27. The second kappa shape index (κ2) is 25.5. The third-order valence-corrected chi connectivity index (χ3v) is 8.64. The summed E-state index contributed by atoms with van der Waals surface area (Å²) in [5, 5.41) is 0. The summed E-state index contributed by atoms with van der Waals surface area (Å²) in [5.41, 5.74) is 0. The van der Waals surface area contributed by atoms with Gasteiger partial charge in [-0.15, -0.1) is 0 Å². The molecule has 0 aliphatic carbocycles. The molecule has 0 aliphatic rings. The lowest BCUT2D eigenvalue weighted by molar-refractivity contribution is -0.727. The van der Waals surface area contributed by atoms with Gasteiger partial charge in [-0.05, 0) is 32.6 Å². The molecule has 2 nitrogen and oxygen atoms in total. The van der Waals surface area contributed by atoms with E-state index in [0.29, 0.717) is 12.0 Å². The highest BCUT2D eigenvalue weighted by Gasteiger charge is 2.25. The van der Waals surface area contributed by atoms with Gasteiger partial charge in [-0.1, -0.05) is 162 Å². The predicted octanol–water partition coefficient (Wildman–Crippen LogP) is 12.1. The minimum absolute atomic E-state index is 0.621. The van der Waals surface area contributed by atoms with Gasteiger partial charge in [-0.25, -0.2) is 9.55 Å². The van der Waals surface area contributed by atoms with E-state index in [1.54, 1.807) is 0 Å². The second-order valence-corrected chi connectivity index (χ2v) is 12.2. The molecular weight excluding hydrogens is 448 g/mol. The van der Waals surface area contributed by atoms with Crippen molar-refractivity contribution in [3.05, 3.63) is 18.2 Å². The van der Waals surface area contributed by atoms with Crippen molar-refractivity contribution in [2.75, 3.05) is 0 Å². The molecule has 1 aromatic rings. The summed E-state index contributed by atoms with van der Waals surface area (Å²) in [7, 11) is 0. The van der Waals surface area contributed by atoms with Crippen LogP contribution >= 0.6 is 0 Å². The Morgan fingerprint density at radius 3 is 1.30 bits per heavy atom. The Morgan fingerprint density at radius 2 is 0.865 bits per heavy atom. The number of imidazole rings is 1. The van der Waals surface area contributed by atoms with E-state index in [1.807, 2.05) is 0 Å². The Labute approximate surface area is 234 Å². The summed E-state index contributed by atoms with van der Waals surface area (Å²) in [4.78, 5) is 3.71. The lowest BCUT2D eigenvalue weighted by Crippen LogP contribution is -2.41. The summed E-state index contributed by atoms with van der Waals surface area (Å²) in [6.07, 6.45) is 41.3. The second-order valence-electron chi connectivity index (χ2n) is 12.2. The van der Waals surface area contributed by atoms with Crippen LogP contribution in [0, 0.1) is 0 Å². The molecule has 2 unspecified atom stereocenters. The van der Waals surface area contributed by atoms with Gasteiger partial charge in [0.1, 0.15) is 12.4 Å². The van der Waals surface area contributed by atoms with E-state index in [0.717, 1.165) is 0 Å². The zero-order chi connectivity index (χ0) is 26.8. The van der Waals surface area contributed by atoms with Crippen molar-refractivity contribution in [2.24, 2.45) is 0 Å². The predicted molar refractivity (Wildman–Crippen MR) is 166 cm³/mol. The SMILES string of the molecule is CCCCCCCCCCCCCC(CCCCCCCCCCC)c1[nH]cc[n+]1C(C)CCCCC. The van der Waals surface area contributed by atoms with Crippen molar-refractivity contribution in [2.45, 2.75) is 207 Å². The van der Waals surface area contributed by atoms with Crippen LogP contribution in [0.3, 0.4) is 0 Å². The summed E-state index contributed by atoms with van der Waals surface area (Å²) in [5.74, 6) is 2.24. The van der Waals surface area contributed by atoms with Gasteiger partial charge >= 0.3 is 0 Å². The zero-order valence-electron chi connectivity index (χ0n) is 26.1. The summed E-state index contributed by atoms with van der Waals surface area (Å²) in [6.45, 7) is 9.37. The first-order valence-corrected chi connectivity index (χ1v) is 17.3. The molecule has 1 N–H and O–H groups in total. The summed E-state index contributed by atoms with van der Waals surface area (Å²) < 4.78 is 2.60. The number of aromatic nitrogens is 2. The average Bonchev–Trinajstić information content (AvgIpc) is 3.39. The van der Waals surface area contributed by atoms with Crippen molar-refractivity contribution in [1.82, 2.24) is 4.98 Å². The number of nitrogens with zero attached hydrogens (tertiary/aromatic N) is 1. The Kier molecular flexibility index (Phi) is 23.6. The van der Waals surface area contributed by atoms with Crippen LogP contribution in [0.1, 0.15) is 212 Å². The van der Waals surface area contributed by atoms with Crippen molar-refractivity contribution >= 4 is 0 Å². The molecule has 2 atom stereocenters.